The third-order valence-corrected chi connectivity index (χ3v) is 3.00. The summed E-state index contributed by atoms with van der Waals surface area (Å²) in [5, 5.41) is 3.85. The molecule has 6 heteroatoms. The normalized spacial score (nSPS) is 10.4. The summed E-state index contributed by atoms with van der Waals surface area (Å²) in [7, 11) is 0. The van der Waals surface area contributed by atoms with Crippen LogP contribution in [0.5, 0.6) is 11.5 Å². The minimum Gasteiger partial charge on any atom is -0.483 e. The molecule has 0 heterocycles. The molecule has 0 spiro atoms. The van der Waals surface area contributed by atoms with Gasteiger partial charge >= 0.3 is 5.97 Å². The van der Waals surface area contributed by atoms with E-state index in [-0.39, 0.29) is 18.5 Å². The summed E-state index contributed by atoms with van der Waals surface area (Å²) in [5.41, 5.74) is 4.10. The van der Waals surface area contributed by atoms with Crippen LogP contribution < -0.4 is 14.9 Å². The van der Waals surface area contributed by atoms with Crippen molar-refractivity contribution < 1.29 is 19.1 Å². The molecule has 6 nitrogen and oxygen atoms in total. The topological polar surface area (TPSA) is 77.0 Å². The highest BCUT2D eigenvalue weighted by Crippen LogP contribution is 2.15. The lowest BCUT2D eigenvalue weighted by molar-refractivity contribution is -0.131. The Bertz CT molecular complexity index is 739. The molecule has 1 N–H and O–H groups in total. The van der Waals surface area contributed by atoms with E-state index in [9.17, 15) is 9.59 Å². The van der Waals surface area contributed by atoms with Crippen molar-refractivity contribution in [2.24, 2.45) is 5.10 Å². The number of amides is 1. The number of benzene rings is 2. The van der Waals surface area contributed by atoms with Crippen molar-refractivity contribution in [1.82, 2.24) is 5.43 Å². The number of carbonyl (C=O) groups excluding carboxylic acids is 2. The molecule has 0 bridgehead atoms. The highest BCUT2D eigenvalue weighted by molar-refractivity contribution is 5.83. The van der Waals surface area contributed by atoms with Gasteiger partial charge in [-0.1, -0.05) is 18.2 Å². The smallest absolute Gasteiger partial charge is 0.308 e. The first kappa shape index (κ1) is 17.2. The fraction of sp³-hybridized carbons (Fsp3) is 0.167. The lowest BCUT2D eigenvalue weighted by Crippen LogP contribution is -2.24. The number of hydrazone groups is 1. The maximum absolute atomic E-state index is 11.7. The number of ether oxygens (including phenoxy) is 2. The van der Waals surface area contributed by atoms with Crippen molar-refractivity contribution in [3.8, 4) is 11.5 Å². The molecule has 0 unspecified atom stereocenters. The number of esters is 1. The number of para-hydroxylation sites is 1. The second kappa shape index (κ2) is 8.47. The molecule has 0 aliphatic heterocycles. The van der Waals surface area contributed by atoms with E-state index >= 15 is 0 Å². The molecule has 0 saturated heterocycles. The van der Waals surface area contributed by atoms with Crippen LogP contribution in [0.4, 0.5) is 0 Å². The SMILES string of the molecule is CC(=O)Oc1ccc(/C=N\NC(=O)COc2ccccc2C)cc1. The van der Waals surface area contributed by atoms with Crippen molar-refractivity contribution in [1.29, 1.82) is 0 Å². The molecule has 0 atom stereocenters. The Morgan fingerprint density at radius 3 is 2.50 bits per heavy atom. The van der Waals surface area contributed by atoms with Crippen LogP contribution in [-0.2, 0) is 9.59 Å². The van der Waals surface area contributed by atoms with Crippen LogP contribution in [0.25, 0.3) is 0 Å². The van der Waals surface area contributed by atoms with E-state index in [1.165, 1.54) is 13.1 Å². The first-order valence-electron chi connectivity index (χ1n) is 7.33. The summed E-state index contributed by atoms with van der Waals surface area (Å²) in [4.78, 5) is 22.5. The molecule has 0 aliphatic carbocycles. The molecule has 24 heavy (non-hydrogen) atoms. The number of nitrogens with one attached hydrogen (secondary N) is 1. The Labute approximate surface area is 140 Å². The van der Waals surface area contributed by atoms with Gasteiger partial charge in [0.05, 0.1) is 6.21 Å². The Morgan fingerprint density at radius 2 is 1.83 bits per heavy atom. The lowest BCUT2D eigenvalue weighted by Gasteiger charge is -2.07. The number of hydrogen-bond acceptors (Lipinski definition) is 5. The first-order valence-corrected chi connectivity index (χ1v) is 7.33. The van der Waals surface area contributed by atoms with E-state index in [1.807, 2.05) is 25.1 Å². The highest BCUT2D eigenvalue weighted by Gasteiger charge is 2.03. The Balaban J connectivity index is 1.79. The van der Waals surface area contributed by atoms with Gasteiger partial charge in [-0.15, -0.1) is 0 Å². The predicted octanol–water partition coefficient (Wildman–Crippen LogP) is 2.45. The van der Waals surface area contributed by atoms with E-state index in [0.717, 1.165) is 11.1 Å². The molecule has 0 aromatic heterocycles. The van der Waals surface area contributed by atoms with Gasteiger partial charge in [0, 0.05) is 6.92 Å². The van der Waals surface area contributed by atoms with Crippen molar-refractivity contribution in [2.45, 2.75) is 13.8 Å². The lowest BCUT2D eigenvalue weighted by atomic mass is 10.2. The van der Waals surface area contributed by atoms with Crippen LogP contribution in [0.3, 0.4) is 0 Å². The zero-order chi connectivity index (χ0) is 17.4. The quantitative estimate of drug-likeness (QED) is 0.383. The van der Waals surface area contributed by atoms with Crippen molar-refractivity contribution in [3.63, 3.8) is 0 Å². The summed E-state index contributed by atoms with van der Waals surface area (Å²) in [5.74, 6) is 0.386. The van der Waals surface area contributed by atoms with Crippen LogP contribution in [0.2, 0.25) is 0 Å². The van der Waals surface area contributed by atoms with Gasteiger partial charge in [-0.2, -0.15) is 5.10 Å². The van der Waals surface area contributed by atoms with Crippen molar-refractivity contribution in [3.05, 3.63) is 59.7 Å². The minimum absolute atomic E-state index is 0.117. The highest BCUT2D eigenvalue weighted by atomic mass is 16.5. The van der Waals surface area contributed by atoms with Gasteiger partial charge in [0.25, 0.3) is 5.91 Å². The largest absolute Gasteiger partial charge is 0.483 e. The summed E-state index contributed by atoms with van der Waals surface area (Å²) >= 11 is 0. The number of aryl methyl sites for hydroxylation is 1. The number of rotatable bonds is 6. The average Bonchev–Trinajstić information content (AvgIpc) is 2.55. The number of hydrogen-bond donors (Lipinski definition) is 1. The minimum atomic E-state index is -0.377. The summed E-state index contributed by atoms with van der Waals surface area (Å²) in [6, 6.07) is 14.2. The van der Waals surface area contributed by atoms with Crippen LogP contribution >= 0.6 is 0 Å². The average molecular weight is 326 g/mol. The van der Waals surface area contributed by atoms with Crippen LogP contribution in [0, 0.1) is 6.92 Å². The van der Waals surface area contributed by atoms with Gasteiger partial charge in [0.15, 0.2) is 6.61 Å². The molecule has 1 amide bonds. The van der Waals surface area contributed by atoms with Crippen molar-refractivity contribution >= 4 is 18.1 Å². The predicted molar refractivity (Wildman–Crippen MR) is 90.2 cm³/mol. The molecule has 0 fully saturated rings. The third-order valence-electron chi connectivity index (χ3n) is 3.00. The molecular weight excluding hydrogens is 308 g/mol. The second-order valence-electron chi connectivity index (χ2n) is 5.01. The molecule has 2 aromatic rings. The Kier molecular flexibility index (Phi) is 6.08. The van der Waals surface area contributed by atoms with E-state index in [1.54, 1.807) is 30.3 Å². The summed E-state index contributed by atoms with van der Waals surface area (Å²) in [6.07, 6.45) is 1.49. The monoisotopic (exact) mass is 326 g/mol. The molecule has 2 rings (SSSR count). The first-order chi connectivity index (χ1) is 11.5. The van der Waals surface area contributed by atoms with Crippen LogP contribution in [0.1, 0.15) is 18.1 Å². The third kappa shape index (κ3) is 5.57. The van der Waals surface area contributed by atoms with Crippen molar-refractivity contribution in [2.75, 3.05) is 6.61 Å². The second-order valence-corrected chi connectivity index (χ2v) is 5.01. The van der Waals surface area contributed by atoms with Crippen LogP contribution in [0.15, 0.2) is 53.6 Å². The number of carbonyl (C=O) groups is 2. The van der Waals surface area contributed by atoms with E-state index in [2.05, 4.69) is 10.5 Å². The molecule has 0 aliphatic rings. The number of nitrogens with zero attached hydrogens (tertiary/aromatic N) is 1. The van der Waals surface area contributed by atoms with Gasteiger partial charge in [0.2, 0.25) is 0 Å². The van der Waals surface area contributed by atoms with E-state index in [0.29, 0.717) is 11.5 Å². The molecule has 2 aromatic carbocycles. The van der Waals surface area contributed by atoms with Crippen LogP contribution in [-0.4, -0.2) is 24.7 Å². The fourth-order valence-electron chi connectivity index (χ4n) is 1.86. The summed E-state index contributed by atoms with van der Waals surface area (Å²) in [6.45, 7) is 3.13. The standard InChI is InChI=1S/C18H18N2O4/c1-13-5-3-4-6-17(13)23-12-18(22)20-19-11-15-7-9-16(10-8-15)24-14(2)21/h3-11H,12H2,1-2H3,(H,20,22)/b19-11-. The summed E-state index contributed by atoms with van der Waals surface area (Å²) < 4.78 is 10.3. The Hall–Kier alpha value is -3.15. The molecule has 124 valence electrons. The fourth-order valence-corrected chi connectivity index (χ4v) is 1.86. The molecule has 0 saturated carbocycles. The van der Waals surface area contributed by atoms with Gasteiger partial charge in [-0.25, -0.2) is 5.43 Å². The van der Waals surface area contributed by atoms with E-state index < -0.39 is 0 Å². The van der Waals surface area contributed by atoms with Gasteiger partial charge in [-0.3, -0.25) is 9.59 Å². The zero-order valence-corrected chi connectivity index (χ0v) is 13.5. The molecule has 0 radical (unpaired) electrons. The maximum Gasteiger partial charge on any atom is 0.308 e. The van der Waals surface area contributed by atoms with Gasteiger partial charge in [0.1, 0.15) is 11.5 Å². The van der Waals surface area contributed by atoms with Gasteiger partial charge in [-0.05, 0) is 48.4 Å². The molecular formula is C18H18N2O4. The maximum atomic E-state index is 11.7. The van der Waals surface area contributed by atoms with E-state index in [4.69, 9.17) is 9.47 Å². The van der Waals surface area contributed by atoms with Gasteiger partial charge < -0.3 is 9.47 Å². The Morgan fingerprint density at radius 1 is 1.12 bits per heavy atom. The zero-order valence-electron chi connectivity index (χ0n) is 13.5.